The molecule has 0 bridgehead atoms. The Labute approximate surface area is 126 Å². The van der Waals surface area contributed by atoms with Crippen LogP contribution in [-0.2, 0) is 11.2 Å². The zero-order chi connectivity index (χ0) is 14.7. The molecule has 1 heterocycles. The standard InChI is InChI=1S/C14H13N3OS2/c1-9-12(20-14(19)16-9)7-13(18)17(2)11-5-3-10(8-15)4-6-11/h3-6H,7H2,1-2H3,(H,16,19). The van der Waals surface area contributed by atoms with Crippen LogP contribution < -0.4 is 4.90 Å². The number of anilines is 1. The first-order valence-corrected chi connectivity index (χ1v) is 7.19. The van der Waals surface area contributed by atoms with Crippen molar-refractivity contribution in [2.45, 2.75) is 13.3 Å². The van der Waals surface area contributed by atoms with Crippen molar-refractivity contribution in [2.24, 2.45) is 0 Å². The number of aromatic nitrogens is 1. The fourth-order valence-corrected chi connectivity index (χ4v) is 3.05. The summed E-state index contributed by atoms with van der Waals surface area (Å²) in [7, 11) is 1.73. The molecule has 0 radical (unpaired) electrons. The van der Waals surface area contributed by atoms with Crippen LogP contribution >= 0.6 is 23.6 Å². The molecule has 6 heteroatoms. The molecule has 102 valence electrons. The van der Waals surface area contributed by atoms with Crippen molar-refractivity contribution in [2.75, 3.05) is 11.9 Å². The molecule has 20 heavy (non-hydrogen) atoms. The second kappa shape index (κ2) is 5.99. The number of nitrogens with one attached hydrogen (secondary N) is 1. The molecule has 0 atom stereocenters. The topological polar surface area (TPSA) is 59.9 Å². The zero-order valence-electron chi connectivity index (χ0n) is 11.1. The monoisotopic (exact) mass is 303 g/mol. The van der Waals surface area contributed by atoms with Gasteiger partial charge in [-0.25, -0.2) is 0 Å². The lowest BCUT2D eigenvalue weighted by Crippen LogP contribution is -2.27. The van der Waals surface area contributed by atoms with Crippen molar-refractivity contribution in [3.63, 3.8) is 0 Å². The number of benzene rings is 1. The fraction of sp³-hybridized carbons (Fsp3) is 0.214. The molecule has 0 aliphatic rings. The predicted molar refractivity (Wildman–Crippen MR) is 82.5 cm³/mol. The molecule has 1 amide bonds. The van der Waals surface area contributed by atoms with E-state index in [0.29, 0.717) is 15.9 Å². The highest BCUT2D eigenvalue weighted by Crippen LogP contribution is 2.19. The second-order valence-corrected chi connectivity index (χ2v) is 6.12. The molecule has 1 aromatic heterocycles. The van der Waals surface area contributed by atoms with Crippen LogP contribution in [0.15, 0.2) is 24.3 Å². The number of carbonyl (C=O) groups is 1. The van der Waals surface area contributed by atoms with Crippen LogP contribution in [0, 0.1) is 22.2 Å². The molecule has 1 aromatic carbocycles. The van der Waals surface area contributed by atoms with Crippen LogP contribution in [0.1, 0.15) is 16.1 Å². The fourth-order valence-electron chi connectivity index (χ4n) is 1.76. The van der Waals surface area contributed by atoms with E-state index in [1.54, 1.807) is 36.2 Å². The minimum absolute atomic E-state index is 0.0111. The summed E-state index contributed by atoms with van der Waals surface area (Å²) in [5.74, 6) is -0.0111. The van der Waals surface area contributed by atoms with E-state index in [1.165, 1.54) is 11.3 Å². The Morgan fingerprint density at radius 1 is 1.45 bits per heavy atom. The van der Waals surface area contributed by atoms with Gasteiger partial charge in [0.15, 0.2) is 3.95 Å². The SMILES string of the molecule is Cc1[nH]c(=S)sc1CC(=O)N(C)c1ccc(C#N)cc1. The van der Waals surface area contributed by atoms with E-state index in [0.717, 1.165) is 16.3 Å². The zero-order valence-corrected chi connectivity index (χ0v) is 12.8. The van der Waals surface area contributed by atoms with Gasteiger partial charge in [-0.2, -0.15) is 5.26 Å². The van der Waals surface area contributed by atoms with E-state index >= 15 is 0 Å². The first kappa shape index (κ1) is 14.4. The molecular weight excluding hydrogens is 290 g/mol. The number of rotatable bonds is 3. The molecule has 0 aliphatic heterocycles. The summed E-state index contributed by atoms with van der Waals surface area (Å²) in [6.45, 7) is 1.91. The molecule has 0 spiro atoms. The minimum Gasteiger partial charge on any atom is -0.341 e. The minimum atomic E-state index is -0.0111. The summed E-state index contributed by atoms with van der Waals surface area (Å²) < 4.78 is 0.686. The average molecular weight is 303 g/mol. The van der Waals surface area contributed by atoms with Crippen molar-refractivity contribution >= 4 is 35.1 Å². The third kappa shape index (κ3) is 3.13. The molecule has 0 aliphatic carbocycles. The van der Waals surface area contributed by atoms with Crippen LogP contribution in [0.2, 0.25) is 0 Å². The molecule has 2 rings (SSSR count). The Bertz CT molecular complexity index is 722. The third-order valence-corrected chi connectivity index (χ3v) is 4.33. The summed E-state index contributed by atoms with van der Waals surface area (Å²) in [5, 5.41) is 8.76. The van der Waals surface area contributed by atoms with Gasteiger partial charge in [-0.3, -0.25) is 4.79 Å². The molecule has 0 saturated heterocycles. The highest BCUT2D eigenvalue weighted by atomic mass is 32.1. The Balaban J connectivity index is 2.14. The number of thiazole rings is 1. The molecule has 1 N–H and O–H groups in total. The van der Waals surface area contributed by atoms with Gasteiger partial charge < -0.3 is 9.88 Å². The van der Waals surface area contributed by atoms with Crippen LogP contribution in [0.3, 0.4) is 0 Å². The van der Waals surface area contributed by atoms with Gasteiger partial charge in [0.05, 0.1) is 18.1 Å². The summed E-state index contributed by atoms with van der Waals surface area (Å²) in [6, 6.07) is 8.99. The Hall–Kier alpha value is -1.97. The average Bonchev–Trinajstić information content (AvgIpc) is 2.76. The lowest BCUT2D eigenvalue weighted by Gasteiger charge is -2.17. The molecule has 0 unspecified atom stereocenters. The lowest BCUT2D eigenvalue weighted by atomic mass is 10.2. The number of hydrogen-bond donors (Lipinski definition) is 1. The van der Waals surface area contributed by atoms with Crippen molar-refractivity contribution in [3.8, 4) is 6.07 Å². The number of carbonyl (C=O) groups excluding carboxylic acids is 1. The van der Waals surface area contributed by atoms with Crippen molar-refractivity contribution in [1.82, 2.24) is 4.98 Å². The lowest BCUT2D eigenvalue weighted by molar-refractivity contribution is -0.117. The smallest absolute Gasteiger partial charge is 0.232 e. The van der Waals surface area contributed by atoms with Crippen LogP contribution in [-0.4, -0.2) is 17.9 Å². The van der Waals surface area contributed by atoms with Crippen LogP contribution in [0.25, 0.3) is 0 Å². The van der Waals surface area contributed by atoms with E-state index in [4.69, 9.17) is 17.5 Å². The largest absolute Gasteiger partial charge is 0.341 e. The van der Waals surface area contributed by atoms with Gasteiger partial charge in [-0.05, 0) is 43.4 Å². The van der Waals surface area contributed by atoms with Gasteiger partial charge in [0.2, 0.25) is 5.91 Å². The van der Waals surface area contributed by atoms with Gasteiger partial charge in [0.1, 0.15) is 0 Å². The number of hydrogen-bond acceptors (Lipinski definition) is 4. The molecule has 2 aromatic rings. The summed E-state index contributed by atoms with van der Waals surface area (Å²) in [4.78, 5) is 17.8. The number of likely N-dealkylation sites (N-methyl/N-ethyl adjacent to an activating group) is 1. The number of nitriles is 1. The van der Waals surface area contributed by atoms with E-state index in [2.05, 4.69) is 11.1 Å². The first-order chi connectivity index (χ1) is 9.51. The van der Waals surface area contributed by atoms with E-state index < -0.39 is 0 Å². The maximum absolute atomic E-state index is 12.2. The Kier molecular flexibility index (Phi) is 4.32. The maximum atomic E-state index is 12.2. The summed E-state index contributed by atoms with van der Waals surface area (Å²) in [6.07, 6.45) is 0.320. The maximum Gasteiger partial charge on any atom is 0.232 e. The number of amides is 1. The van der Waals surface area contributed by atoms with Gasteiger partial charge in [0, 0.05) is 23.3 Å². The number of nitrogens with zero attached hydrogens (tertiary/aromatic N) is 2. The van der Waals surface area contributed by atoms with Gasteiger partial charge in [0.25, 0.3) is 0 Å². The molecule has 4 nitrogen and oxygen atoms in total. The van der Waals surface area contributed by atoms with E-state index in [-0.39, 0.29) is 5.91 Å². The van der Waals surface area contributed by atoms with Gasteiger partial charge >= 0.3 is 0 Å². The quantitative estimate of drug-likeness (QED) is 0.886. The van der Waals surface area contributed by atoms with Gasteiger partial charge in [-0.15, -0.1) is 11.3 Å². The van der Waals surface area contributed by atoms with Crippen LogP contribution in [0.5, 0.6) is 0 Å². The number of H-pyrrole nitrogens is 1. The first-order valence-electron chi connectivity index (χ1n) is 5.96. The Morgan fingerprint density at radius 2 is 2.10 bits per heavy atom. The van der Waals surface area contributed by atoms with E-state index in [9.17, 15) is 4.79 Å². The second-order valence-electron chi connectivity index (χ2n) is 4.35. The van der Waals surface area contributed by atoms with E-state index in [1.807, 2.05) is 6.92 Å². The number of aryl methyl sites for hydroxylation is 1. The third-order valence-electron chi connectivity index (χ3n) is 2.99. The summed E-state index contributed by atoms with van der Waals surface area (Å²) >= 11 is 6.50. The van der Waals surface area contributed by atoms with Gasteiger partial charge in [-0.1, -0.05) is 0 Å². The normalized spacial score (nSPS) is 10.1. The molecule has 0 saturated carbocycles. The molecular formula is C14H13N3OS2. The highest BCUT2D eigenvalue weighted by Gasteiger charge is 2.14. The van der Waals surface area contributed by atoms with Crippen LogP contribution in [0.4, 0.5) is 5.69 Å². The molecule has 0 fully saturated rings. The van der Waals surface area contributed by atoms with Crippen molar-refractivity contribution < 1.29 is 4.79 Å². The predicted octanol–water partition coefficient (Wildman–Crippen LogP) is 3.19. The van der Waals surface area contributed by atoms with Crippen molar-refractivity contribution in [1.29, 1.82) is 5.26 Å². The summed E-state index contributed by atoms with van der Waals surface area (Å²) in [5.41, 5.74) is 2.29. The Morgan fingerprint density at radius 3 is 2.60 bits per heavy atom. The number of aromatic amines is 1. The van der Waals surface area contributed by atoms with Crippen molar-refractivity contribution in [3.05, 3.63) is 44.4 Å². The highest BCUT2D eigenvalue weighted by molar-refractivity contribution is 7.73.